The van der Waals surface area contributed by atoms with Crippen molar-refractivity contribution >= 4 is 40.9 Å². The number of amides is 1. The predicted molar refractivity (Wildman–Crippen MR) is 76.6 cm³/mol. The first kappa shape index (κ1) is 14.0. The van der Waals surface area contributed by atoms with Gasteiger partial charge in [-0.1, -0.05) is 29.3 Å². The molecule has 0 spiro atoms. The van der Waals surface area contributed by atoms with Crippen LogP contribution in [0.2, 0.25) is 10.0 Å². The minimum atomic E-state index is 0.151. The van der Waals surface area contributed by atoms with Crippen molar-refractivity contribution in [2.75, 3.05) is 31.9 Å². The second kappa shape index (κ2) is 6.66. The topological polar surface area (TPSA) is 32.3 Å². The maximum atomic E-state index is 12.0. The Balaban J connectivity index is 1.90. The van der Waals surface area contributed by atoms with Gasteiger partial charge in [-0.2, -0.15) is 0 Å². The van der Waals surface area contributed by atoms with Crippen molar-refractivity contribution in [3.63, 3.8) is 0 Å². The summed E-state index contributed by atoms with van der Waals surface area (Å²) in [5.74, 6) is 0.553. The summed E-state index contributed by atoms with van der Waals surface area (Å²) in [4.78, 5) is 14.7. The van der Waals surface area contributed by atoms with Gasteiger partial charge < -0.3 is 10.2 Å². The van der Waals surface area contributed by atoms with Gasteiger partial charge >= 0.3 is 0 Å². The first-order valence-electron chi connectivity index (χ1n) is 5.74. The van der Waals surface area contributed by atoms with Crippen LogP contribution in [0.5, 0.6) is 0 Å². The van der Waals surface area contributed by atoms with Gasteiger partial charge in [-0.05, 0) is 12.1 Å². The van der Waals surface area contributed by atoms with Crippen molar-refractivity contribution in [1.29, 1.82) is 0 Å². The molecule has 0 aliphatic carbocycles. The molecule has 1 aliphatic rings. The standard InChI is InChI=1S/C12H14Cl2N2OS/c13-9-2-1-3-10(12(9)14)18-8-11(17)16-6-4-15-5-7-16/h1-3,15H,4-8H2. The normalized spacial score (nSPS) is 15.8. The molecule has 1 amide bonds. The molecule has 1 N–H and O–H groups in total. The minimum absolute atomic E-state index is 0.151. The van der Waals surface area contributed by atoms with Crippen LogP contribution in [0.1, 0.15) is 0 Å². The second-order valence-electron chi connectivity index (χ2n) is 3.97. The van der Waals surface area contributed by atoms with Crippen molar-refractivity contribution in [3.8, 4) is 0 Å². The monoisotopic (exact) mass is 304 g/mol. The van der Waals surface area contributed by atoms with Crippen LogP contribution in [0.25, 0.3) is 0 Å². The molecule has 1 heterocycles. The third-order valence-electron chi connectivity index (χ3n) is 2.74. The Kier molecular flexibility index (Phi) is 5.18. The quantitative estimate of drug-likeness (QED) is 0.871. The highest BCUT2D eigenvalue weighted by molar-refractivity contribution is 8.00. The summed E-state index contributed by atoms with van der Waals surface area (Å²) in [7, 11) is 0. The number of nitrogens with one attached hydrogen (secondary N) is 1. The van der Waals surface area contributed by atoms with Gasteiger partial charge in [0.15, 0.2) is 0 Å². The lowest BCUT2D eigenvalue weighted by atomic mass is 10.3. The maximum Gasteiger partial charge on any atom is 0.233 e. The number of halogens is 2. The maximum absolute atomic E-state index is 12.0. The van der Waals surface area contributed by atoms with E-state index >= 15 is 0 Å². The highest BCUT2D eigenvalue weighted by Gasteiger charge is 2.16. The molecule has 1 aromatic rings. The minimum Gasteiger partial charge on any atom is -0.339 e. The first-order valence-corrected chi connectivity index (χ1v) is 7.48. The van der Waals surface area contributed by atoms with E-state index in [1.807, 2.05) is 17.0 Å². The molecule has 18 heavy (non-hydrogen) atoms. The summed E-state index contributed by atoms with van der Waals surface area (Å²) in [6.07, 6.45) is 0. The third-order valence-corrected chi connectivity index (χ3v) is 4.71. The molecule has 1 aliphatic heterocycles. The largest absolute Gasteiger partial charge is 0.339 e. The first-order chi connectivity index (χ1) is 8.68. The van der Waals surface area contributed by atoms with Crippen LogP contribution < -0.4 is 5.32 Å². The molecule has 0 unspecified atom stereocenters. The van der Waals surface area contributed by atoms with Crippen LogP contribution in [0.15, 0.2) is 23.1 Å². The van der Waals surface area contributed by atoms with Crippen LogP contribution in [0, 0.1) is 0 Å². The van der Waals surface area contributed by atoms with Crippen molar-refractivity contribution < 1.29 is 4.79 Å². The fraction of sp³-hybridized carbons (Fsp3) is 0.417. The molecule has 6 heteroatoms. The van der Waals surface area contributed by atoms with E-state index in [2.05, 4.69) is 5.32 Å². The van der Waals surface area contributed by atoms with Crippen molar-refractivity contribution in [1.82, 2.24) is 10.2 Å². The van der Waals surface area contributed by atoms with Gasteiger partial charge in [-0.3, -0.25) is 4.79 Å². The van der Waals surface area contributed by atoms with Gasteiger partial charge in [-0.25, -0.2) is 0 Å². The van der Waals surface area contributed by atoms with E-state index in [0.29, 0.717) is 15.8 Å². The number of benzene rings is 1. The SMILES string of the molecule is O=C(CSc1cccc(Cl)c1Cl)N1CCNCC1. The van der Waals surface area contributed by atoms with E-state index in [1.54, 1.807) is 6.07 Å². The Bertz CT molecular complexity index is 436. The smallest absolute Gasteiger partial charge is 0.233 e. The van der Waals surface area contributed by atoms with Crippen molar-refractivity contribution in [2.24, 2.45) is 0 Å². The van der Waals surface area contributed by atoms with Crippen LogP contribution in [0.4, 0.5) is 0 Å². The van der Waals surface area contributed by atoms with Gasteiger partial charge in [0.2, 0.25) is 5.91 Å². The highest BCUT2D eigenvalue weighted by Crippen LogP contribution is 2.32. The summed E-state index contributed by atoms with van der Waals surface area (Å²) >= 11 is 13.4. The van der Waals surface area contributed by atoms with E-state index < -0.39 is 0 Å². The molecule has 0 saturated carbocycles. The number of thioether (sulfide) groups is 1. The molecule has 98 valence electrons. The zero-order valence-corrected chi connectivity index (χ0v) is 12.1. The molecule has 1 fully saturated rings. The zero-order chi connectivity index (χ0) is 13.0. The molecule has 0 radical (unpaired) electrons. The number of hydrogen-bond donors (Lipinski definition) is 1. The number of nitrogens with zero attached hydrogens (tertiary/aromatic N) is 1. The van der Waals surface area contributed by atoms with Crippen molar-refractivity contribution in [3.05, 3.63) is 28.2 Å². The summed E-state index contributed by atoms with van der Waals surface area (Å²) < 4.78 is 0. The fourth-order valence-corrected chi connectivity index (χ4v) is 3.13. The van der Waals surface area contributed by atoms with E-state index in [9.17, 15) is 4.79 Å². The lowest BCUT2D eigenvalue weighted by Crippen LogP contribution is -2.47. The Labute approximate surface area is 121 Å². The lowest BCUT2D eigenvalue weighted by molar-refractivity contribution is -0.128. The van der Waals surface area contributed by atoms with E-state index in [0.717, 1.165) is 31.1 Å². The molecule has 1 aromatic carbocycles. The Morgan fingerprint density at radius 1 is 1.33 bits per heavy atom. The summed E-state index contributed by atoms with van der Waals surface area (Å²) in [6, 6.07) is 5.46. The molecule has 2 rings (SSSR count). The highest BCUT2D eigenvalue weighted by atomic mass is 35.5. The number of hydrogen-bond acceptors (Lipinski definition) is 3. The second-order valence-corrected chi connectivity index (χ2v) is 5.77. The lowest BCUT2D eigenvalue weighted by Gasteiger charge is -2.27. The summed E-state index contributed by atoms with van der Waals surface area (Å²) in [6.45, 7) is 3.30. The number of carbonyl (C=O) groups excluding carboxylic acids is 1. The Morgan fingerprint density at radius 3 is 2.78 bits per heavy atom. The van der Waals surface area contributed by atoms with Gasteiger partial charge in [-0.15, -0.1) is 11.8 Å². The Morgan fingerprint density at radius 2 is 2.06 bits per heavy atom. The van der Waals surface area contributed by atoms with E-state index in [1.165, 1.54) is 11.8 Å². The summed E-state index contributed by atoms with van der Waals surface area (Å²) in [5.41, 5.74) is 0. The molecular weight excluding hydrogens is 291 g/mol. The summed E-state index contributed by atoms with van der Waals surface area (Å²) in [5, 5.41) is 4.27. The average molecular weight is 305 g/mol. The predicted octanol–water partition coefficient (Wildman–Crippen LogP) is 2.52. The molecule has 0 aromatic heterocycles. The van der Waals surface area contributed by atoms with Crippen LogP contribution in [-0.4, -0.2) is 42.7 Å². The van der Waals surface area contributed by atoms with Gasteiger partial charge in [0.1, 0.15) is 0 Å². The van der Waals surface area contributed by atoms with Crippen LogP contribution >= 0.6 is 35.0 Å². The average Bonchev–Trinajstić information content (AvgIpc) is 2.41. The molecule has 3 nitrogen and oxygen atoms in total. The molecule has 0 atom stereocenters. The van der Waals surface area contributed by atoms with E-state index in [-0.39, 0.29) is 5.91 Å². The van der Waals surface area contributed by atoms with Gasteiger partial charge in [0, 0.05) is 31.1 Å². The Hall–Kier alpha value is -0.420. The van der Waals surface area contributed by atoms with Crippen LogP contribution in [0.3, 0.4) is 0 Å². The van der Waals surface area contributed by atoms with Gasteiger partial charge in [0.25, 0.3) is 0 Å². The van der Waals surface area contributed by atoms with Crippen LogP contribution in [-0.2, 0) is 4.79 Å². The molecular formula is C12H14Cl2N2OS. The van der Waals surface area contributed by atoms with Gasteiger partial charge in [0.05, 0.1) is 15.8 Å². The number of carbonyl (C=O) groups is 1. The fourth-order valence-electron chi connectivity index (χ4n) is 1.74. The molecule has 1 saturated heterocycles. The molecule has 0 bridgehead atoms. The number of piperazine rings is 1. The third kappa shape index (κ3) is 3.54. The zero-order valence-electron chi connectivity index (χ0n) is 9.79. The van der Waals surface area contributed by atoms with E-state index in [4.69, 9.17) is 23.2 Å². The van der Waals surface area contributed by atoms with Crippen molar-refractivity contribution in [2.45, 2.75) is 4.90 Å². The number of rotatable bonds is 3.